The van der Waals surface area contributed by atoms with E-state index in [4.69, 9.17) is 0 Å². The van der Waals surface area contributed by atoms with Gasteiger partial charge in [-0.05, 0) is 44.7 Å². The van der Waals surface area contributed by atoms with Gasteiger partial charge in [-0.25, -0.2) is 9.18 Å². The van der Waals surface area contributed by atoms with Crippen LogP contribution in [0.15, 0.2) is 23.1 Å². The van der Waals surface area contributed by atoms with E-state index in [1.807, 2.05) is 13.8 Å². The number of nitrogens with zero attached hydrogens (tertiary/aromatic N) is 1. The zero-order valence-electron chi connectivity index (χ0n) is 23.8. The molecular weight excluding hydrogens is 582 g/mol. The highest BCUT2D eigenvalue weighted by Gasteiger charge is 2.51. The lowest BCUT2D eigenvalue weighted by molar-refractivity contribution is -0.0156. The number of pyridine rings is 1. The molecule has 3 N–H and O–H groups in total. The van der Waals surface area contributed by atoms with Crippen LogP contribution in [0.5, 0.6) is 0 Å². The molecule has 1 aliphatic rings. The minimum absolute atomic E-state index is 0.0866. The second-order valence-corrected chi connectivity index (χ2v) is 12.0. The smallest absolute Gasteiger partial charge is 0.435 e. The number of alkyl halides is 2. The van der Waals surface area contributed by atoms with Gasteiger partial charge in [0.1, 0.15) is 11.4 Å². The van der Waals surface area contributed by atoms with Crippen molar-refractivity contribution in [2.45, 2.75) is 83.5 Å². The number of amides is 1. The number of nitrogens with one attached hydrogen (secondary N) is 2. The van der Waals surface area contributed by atoms with Crippen LogP contribution in [0.4, 0.5) is 23.7 Å². The van der Waals surface area contributed by atoms with Crippen molar-refractivity contribution in [3.8, 4) is 0 Å². The number of rotatable bonds is 13. The number of ether oxygens (including phenoxy) is 2. The van der Waals surface area contributed by atoms with Crippen LogP contribution in [-0.4, -0.2) is 53.2 Å². The van der Waals surface area contributed by atoms with Crippen LogP contribution in [0.2, 0.25) is 0 Å². The lowest BCUT2D eigenvalue weighted by Crippen LogP contribution is -2.39. The summed E-state index contributed by atoms with van der Waals surface area (Å²) >= 11 is 0. The predicted octanol–water partition coefficient (Wildman–Crippen LogP) is 5.90. The predicted molar refractivity (Wildman–Crippen MR) is 149 cm³/mol. The largest absolute Gasteiger partial charge is 0.510 e. The van der Waals surface area contributed by atoms with Crippen LogP contribution in [0, 0.1) is 5.82 Å². The Labute approximate surface area is 241 Å². The summed E-state index contributed by atoms with van der Waals surface area (Å²) in [5.74, 6) is -1.94. The first kappa shape index (κ1) is 33.4. The Balaban J connectivity index is 1.88. The summed E-state index contributed by atoms with van der Waals surface area (Å²) in [6, 6.07) is 2.45. The van der Waals surface area contributed by atoms with Gasteiger partial charge in [0.15, 0.2) is 0 Å². The topological polar surface area (TPSA) is 145 Å². The van der Waals surface area contributed by atoms with Gasteiger partial charge < -0.3 is 29.6 Å². The fraction of sp³-hybridized carbons (Fsp3) is 0.593. The summed E-state index contributed by atoms with van der Waals surface area (Å²) in [5, 5.41) is 4.92. The molecule has 2 aromatic rings. The molecule has 1 saturated carbocycles. The number of benzene rings is 1. The van der Waals surface area contributed by atoms with Crippen molar-refractivity contribution in [1.29, 1.82) is 0 Å². The van der Waals surface area contributed by atoms with E-state index in [2.05, 4.69) is 19.3 Å². The Morgan fingerprint density at radius 2 is 1.81 bits per heavy atom. The summed E-state index contributed by atoms with van der Waals surface area (Å²) in [5.41, 5.74) is -5.34. The fourth-order valence-electron chi connectivity index (χ4n) is 4.87. The van der Waals surface area contributed by atoms with Gasteiger partial charge in [-0.1, -0.05) is 33.1 Å². The molecule has 1 aliphatic carbocycles. The molecule has 1 fully saturated rings. The summed E-state index contributed by atoms with van der Waals surface area (Å²) in [4.78, 5) is 47.1. The highest BCUT2D eigenvalue weighted by Crippen LogP contribution is 2.57. The first-order chi connectivity index (χ1) is 19.8. The maximum Gasteiger partial charge on any atom is 0.510 e. The molecule has 0 bridgehead atoms. The number of anilines is 1. The molecule has 0 aliphatic heterocycles. The second-order valence-electron chi connectivity index (χ2n) is 10.0. The third-order valence-corrected chi connectivity index (χ3v) is 8.65. The molecule has 42 heavy (non-hydrogen) atoms. The van der Waals surface area contributed by atoms with Gasteiger partial charge in [-0.2, -0.15) is 8.78 Å². The number of hydrogen-bond acceptors (Lipinski definition) is 8. The quantitative estimate of drug-likeness (QED) is 0.142. The average Bonchev–Trinajstić information content (AvgIpc) is 2.95. The molecule has 1 amide bonds. The summed E-state index contributed by atoms with van der Waals surface area (Å²) in [6.07, 6.45) is 6.09. The van der Waals surface area contributed by atoms with Crippen molar-refractivity contribution >= 4 is 36.2 Å². The first-order valence-corrected chi connectivity index (χ1v) is 15.5. The van der Waals surface area contributed by atoms with Crippen molar-refractivity contribution in [2.75, 3.05) is 25.3 Å². The van der Waals surface area contributed by atoms with E-state index in [1.165, 1.54) is 19.2 Å². The fourth-order valence-corrected chi connectivity index (χ4v) is 5.54. The van der Waals surface area contributed by atoms with E-state index in [9.17, 15) is 32.6 Å². The monoisotopic (exact) mass is 619 g/mol. The Bertz CT molecular complexity index is 1380. The van der Waals surface area contributed by atoms with Gasteiger partial charge in [0.05, 0.1) is 24.4 Å². The molecule has 0 radical (unpaired) electrons. The van der Waals surface area contributed by atoms with E-state index in [0.717, 1.165) is 38.2 Å². The number of fused-ring (bicyclic) bond motifs is 1. The molecule has 0 saturated heterocycles. The third-order valence-electron chi connectivity index (χ3n) is 7.21. The van der Waals surface area contributed by atoms with Crippen LogP contribution < -0.4 is 16.1 Å². The lowest BCUT2D eigenvalue weighted by Gasteiger charge is -2.26. The molecule has 1 unspecified atom stereocenters. The zero-order valence-corrected chi connectivity index (χ0v) is 24.7. The first-order valence-electron chi connectivity index (χ1n) is 13.9. The minimum Gasteiger partial charge on any atom is -0.435 e. The molecular formula is C27H37F3N3O8P. The van der Waals surface area contributed by atoms with Crippen LogP contribution in [-0.2, 0) is 18.6 Å². The SMILES string of the molecule is CCOC(=O)OCOP(=O)(O)C(F)(F)CNC(=O)c1cn(C(CC)CC)c2cc(NC3CCCCC3)c(F)cc2c1=O. The maximum atomic E-state index is 15.2. The molecule has 15 heteroatoms. The zero-order chi connectivity index (χ0) is 31.1. The van der Waals surface area contributed by atoms with Gasteiger partial charge in [0.2, 0.25) is 12.2 Å². The number of halogens is 3. The van der Waals surface area contributed by atoms with Crippen molar-refractivity contribution in [2.24, 2.45) is 0 Å². The normalized spacial score (nSPS) is 15.8. The lowest BCUT2D eigenvalue weighted by atomic mass is 9.95. The Morgan fingerprint density at radius 3 is 2.43 bits per heavy atom. The van der Waals surface area contributed by atoms with E-state index in [0.29, 0.717) is 18.4 Å². The van der Waals surface area contributed by atoms with Gasteiger partial charge in [-0.15, -0.1) is 0 Å². The van der Waals surface area contributed by atoms with Crippen LogP contribution in [0.3, 0.4) is 0 Å². The Morgan fingerprint density at radius 1 is 1.14 bits per heavy atom. The highest BCUT2D eigenvalue weighted by atomic mass is 31.2. The second kappa shape index (κ2) is 14.4. The van der Waals surface area contributed by atoms with E-state index in [1.54, 1.807) is 9.88 Å². The third kappa shape index (κ3) is 7.84. The molecule has 1 aromatic carbocycles. The molecule has 3 rings (SSSR count). The van der Waals surface area contributed by atoms with Gasteiger partial charge in [0, 0.05) is 23.7 Å². The molecule has 0 spiro atoms. The van der Waals surface area contributed by atoms with Gasteiger partial charge in [0.25, 0.3) is 5.91 Å². The van der Waals surface area contributed by atoms with Crippen LogP contribution in [0.1, 0.15) is 82.1 Å². The standard InChI is InChI=1S/C27H37F3N3O8P/c1-4-18(5-2)33-14-20(25(35)31-15-27(29,30)42(37,38)41-16-40-26(36)39-6-3)24(34)19-12-21(28)22(13-23(19)33)32-17-10-8-7-9-11-17/h12-14,17-18,32H,4-11,15-16H2,1-3H3,(H,31,35)(H,37,38). The van der Waals surface area contributed by atoms with E-state index in [-0.39, 0.29) is 29.8 Å². The van der Waals surface area contributed by atoms with Crippen molar-refractivity contribution < 1.29 is 46.2 Å². The van der Waals surface area contributed by atoms with Gasteiger partial charge in [-0.3, -0.25) is 18.7 Å². The summed E-state index contributed by atoms with van der Waals surface area (Å²) in [6.45, 7) is 2.18. The maximum absolute atomic E-state index is 15.2. The summed E-state index contributed by atoms with van der Waals surface area (Å²) < 4.78 is 70.8. The molecule has 1 aromatic heterocycles. The van der Waals surface area contributed by atoms with E-state index < -0.39 is 55.5 Å². The van der Waals surface area contributed by atoms with E-state index >= 15 is 4.39 Å². The average molecular weight is 620 g/mol. The minimum atomic E-state index is -5.75. The number of carbonyl (C=O) groups is 2. The van der Waals surface area contributed by atoms with Crippen molar-refractivity contribution in [3.63, 3.8) is 0 Å². The van der Waals surface area contributed by atoms with Crippen molar-refractivity contribution in [3.05, 3.63) is 39.9 Å². The summed E-state index contributed by atoms with van der Waals surface area (Å²) in [7, 11) is -5.75. The molecule has 234 valence electrons. The van der Waals surface area contributed by atoms with Crippen LogP contribution >= 0.6 is 7.60 Å². The molecule has 1 heterocycles. The van der Waals surface area contributed by atoms with Gasteiger partial charge >= 0.3 is 19.4 Å². The highest BCUT2D eigenvalue weighted by molar-refractivity contribution is 7.54. The number of aromatic nitrogens is 1. The Hall–Kier alpha value is -3.09. The molecule has 11 nitrogen and oxygen atoms in total. The number of hydrogen-bond donors (Lipinski definition) is 3. The Kier molecular flexibility index (Phi) is 11.4. The number of carbonyl (C=O) groups excluding carboxylic acids is 2. The molecule has 1 atom stereocenters. The van der Waals surface area contributed by atoms with Crippen LogP contribution in [0.25, 0.3) is 10.9 Å². The van der Waals surface area contributed by atoms with Crippen molar-refractivity contribution in [1.82, 2.24) is 9.88 Å².